The van der Waals surface area contributed by atoms with Gasteiger partial charge in [0.2, 0.25) is 0 Å². The van der Waals surface area contributed by atoms with Gasteiger partial charge in [0.25, 0.3) is 0 Å². The number of hydrogen-bond acceptors (Lipinski definition) is 6. The van der Waals surface area contributed by atoms with Crippen molar-refractivity contribution in [2.45, 2.75) is 16.8 Å². The minimum atomic E-state index is -0.226. The molecule has 1 N–H and O–H groups in total. The minimum absolute atomic E-state index is 0.186. The average Bonchev–Trinajstić information content (AvgIpc) is 3.01. The summed E-state index contributed by atoms with van der Waals surface area (Å²) in [4.78, 5) is 20.9. The molecule has 1 aromatic heterocycles. The molecule has 0 amide bonds. The molecule has 1 aliphatic rings. The maximum atomic E-state index is 11.7. The van der Waals surface area contributed by atoms with Crippen LogP contribution in [-0.4, -0.2) is 27.8 Å². The zero-order valence-corrected chi connectivity index (χ0v) is 13.6. The van der Waals surface area contributed by atoms with Crippen LogP contribution in [0.1, 0.15) is 6.42 Å². The van der Waals surface area contributed by atoms with Crippen molar-refractivity contribution >= 4 is 40.1 Å². The van der Waals surface area contributed by atoms with Crippen molar-refractivity contribution in [3.05, 3.63) is 54.6 Å². The Morgan fingerprint density at radius 2 is 1.83 bits per heavy atom. The zero-order valence-electron chi connectivity index (χ0n) is 12.8. The first-order valence-electron chi connectivity index (χ1n) is 7.72. The summed E-state index contributed by atoms with van der Waals surface area (Å²) in [6.07, 6.45) is 0.696. The highest BCUT2D eigenvalue weighted by molar-refractivity contribution is 8.00. The number of rotatable bonds is 4. The first kappa shape index (κ1) is 15.0. The molecule has 0 spiro atoms. The Bertz CT molecular complexity index is 886. The number of nitrogens with zero attached hydrogens (tertiary/aromatic N) is 2. The van der Waals surface area contributed by atoms with Crippen LogP contribution in [-0.2, 0) is 9.53 Å². The van der Waals surface area contributed by atoms with E-state index >= 15 is 0 Å². The molecule has 1 fully saturated rings. The summed E-state index contributed by atoms with van der Waals surface area (Å²) in [5, 5.41) is 4.64. The molecular weight excluding hydrogens is 322 g/mol. The number of hydrogen-bond donors (Lipinski definition) is 1. The minimum Gasteiger partial charge on any atom is -0.465 e. The Morgan fingerprint density at radius 1 is 1.04 bits per heavy atom. The predicted octanol–water partition coefficient (Wildman–Crippen LogP) is 3.78. The average molecular weight is 337 g/mol. The van der Waals surface area contributed by atoms with E-state index in [1.54, 1.807) is 0 Å². The fourth-order valence-electron chi connectivity index (χ4n) is 2.57. The SMILES string of the molecule is O=C1OCC[C@H]1Sc1nc(Nc2ccccc2)c2ccccc2n1. The Morgan fingerprint density at radius 3 is 2.62 bits per heavy atom. The molecule has 24 heavy (non-hydrogen) atoms. The summed E-state index contributed by atoms with van der Waals surface area (Å²) in [5.74, 6) is 0.551. The standard InChI is InChI=1S/C18H15N3O2S/c22-17-15(10-11-23-17)24-18-20-14-9-5-4-8-13(14)16(21-18)19-12-6-2-1-3-7-12/h1-9,15H,10-11H2,(H,19,20,21)/t15-/m1/s1. The van der Waals surface area contributed by atoms with Gasteiger partial charge in [-0.15, -0.1) is 0 Å². The van der Waals surface area contributed by atoms with E-state index in [-0.39, 0.29) is 11.2 Å². The van der Waals surface area contributed by atoms with Gasteiger partial charge >= 0.3 is 5.97 Å². The largest absolute Gasteiger partial charge is 0.465 e. The van der Waals surface area contributed by atoms with Crippen LogP contribution in [0.5, 0.6) is 0 Å². The highest BCUT2D eigenvalue weighted by Crippen LogP contribution is 2.31. The van der Waals surface area contributed by atoms with E-state index < -0.39 is 0 Å². The van der Waals surface area contributed by atoms with Crippen molar-refractivity contribution in [3.63, 3.8) is 0 Å². The molecule has 6 heteroatoms. The lowest BCUT2D eigenvalue weighted by Crippen LogP contribution is -2.10. The first-order chi connectivity index (χ1) is 11.8. The third-order valence-corrected chi connectivity index (χ3v) is 4.86. The van der Waals surface area contributed by atoms with Crippen LogP contribution >= 0.6 is 11.8 Å². The molecule has 5 nitrogen and oxygen atoms in total. The monoisotopic (exact) mass is 337 g/mol. The Kier molecular flexibility index (Phi) is 4.04. The third kappa shape index (κ3) is 3.05. The third-order valence-electron chi connectivity index (χ3n) is 3.75. The van der Waals surface area contributed by atoms with E-state index in [9.17, 15) is 4.79 Å². The number of benzene rings is 2. The number of carbonyl (C=O) groups excluding carboxylic acids is 1. The second-order valence-corrected chi connectivity index (χ2v) is 6.60. The number of nitrogens with one attached hydrogen (secondary N) is 1. The smallest absolute Gasteiger partial charge is 0.319 e. The number of fused-ring (bicyclic) bond motifs is 1. The lowest BCUT2D eigenvalue weighted by atomic mass is 10.2. The number of thioether (sulfide) groups is 1. The molecule has 0 bridgehead atoms. The summed E-state index contributed by atoms with van der Waals surface area (Å²) in [5.41, 5.74) is 1.80. The van der Waals surface area contributed by atoms with E-state index in [1.165, 1.54) is 11.8 Å². The summed E-state index contributed by atoms with van der Waals surface area (Å²) in [6.45, 7) is 0.471. The van der Waals surface area contributed by atoms with Crippen LogP contribution in [0.2, 0.25) is 0 Å². The van der Waals surface area contributed by atoms with Crippen molar-refractivity contribution in [3.8, 4) is 0 Å². The molecule has 1 aliphatic heterocycles. The van der Waals surface area contributed by atoms with Crippen LogP contribution in [0.25, 0.3) is 10.9 Å². The van der Waals surface area contributed by atoms with Gasteiger partial charge in [-0.3, -0.25) is 4.79 Å². The Labute approximate surface area is 143 Å². The van der Waals surface area contributed by atoms with Crippen molar-refractivity contribution in [1.29, 1.82) is 0 Å². The van der Waals surface area contributed by atoms with Gasteiger partial charge in [0.05, 0.1) is 12.1 Å². The molecule has 120 valence electrons. The predicted molar refractivity (Wildman–Crippen MR) is 94.5 cm³/mol. The summed E-state index contributed by atoms with van der Waals surface area (Å²) >= 11 is 1.36. The maximum Gasteiger partial charge on any atom is 0.319 e. The Hall–Kier alpha value is -2.60. The fourth-order valence-corrected chi connectivity index (χ4v) is 3.50. The number of aromatic nitrogens is 2. The van der Waals surface area contributed by atoms with E-state index in [4.69, 9.17) is 4.74 Å². The van der Waals surface area contributed by atoms with Crippen LogP contribution < -0.4 is 5.32 Å². The summed E-state index contributed by atoms with van der Waals surface area (Å²) in [6, 6.07) is 17.7. The van der Waals surface area contributed by atoms with Gasteiger partial charge in [0.15, 0.2) is 5.16 Å². The lowest BCUT2D eigenvalue weighted by Gasteiger charge is -2.11. The normalized spacial score (nSPS) is 17.0. The van der Waals surface area contributed by atoms with Crippen LogP contribution in [0.15, 0.2) is 59.8 Å². The number of para-hydroxylation sites is 2. The summed E-state index contributed by atoms with van der Waals surface area (Å²) < 4.78 is 5.02. The van der Waals surface area contributed by atoms with Crippen LogP contribution in [0.4, 0.5) is 11.5 Å². The second-order valence-electron chi connectivity index (χ2n) is 5.43. The van der Waals surface area contributed by atoms with E-state index in [2.05, 4.69) is 15.3 Å². The molecule has 3 aromatic rings. The summed E-state index contributed by atoms with van der Waals surface area (Å²) in [7, 11) is 0. The number of esters is 1. The molecular formula is C18H15N3O2S. The highest BCUT2D eigenvalue weighted by Gasteiger charge is 2.28. The molecule has 0 saturated carbocycles. The molecule has 1 saturated heterocycles. The lowest BCUT2D eigenvalue weighted by molar-refractivity contribution is -0.137. The van der Waals surface area contributed by atoms with Crippen molar-refractivity contribution < 1.29 is 9.53 Å². The van der Waals surface area contributed by atoms with Gasteiger partial charge in [0, 0.05) is 17.5 Å². The second kappa shape index (κ2) is 6.49. The van der Waals surface area contributed by atoms with Gasteiger partial charge in [-0.05, 0) is 24.3 Å². The first-order valence-corrected chi connectivity index (χ1v) is 8.60. The molecule has 4 rings (SSSR count). The quantitative estimate of drug-likeness (QED) is 0.577. The number of ether oxygens (including phenoxy) is 1. The van der Waals surface area contributed by atoms with Crippen molar-refractivity contribution in [2.24, 2.45) is 0 Å². The van der Waals surface area contributed by atoms with Gasteiger partial charge < -0.3 is 10.1 Å². The zero-order chi connectivity index (χ0) is 16.4. The van der Waals surface area contributed by atoms with Gasteiger partial charge in [-0.2, -0.15) is 0 Å². The van der Waals surface area contributed by atoms with Gasteiger partial charge in [-0.1, -0.05) is 42.1 Å². The van der Waals surface area contributed by atoms with E-state index in [1.807, 2.05) is 54.6 Å². The Balaban J connectivity index is 1.72. The van der Waals surface area contributed by atoms with Crippen LogP contribution in [0.3, 0.4) is 0 Å². The number of carbonyl (C=O) groups is 1. The number of anilines is 2. The molecule has 0 radical (unpaired) electrons. The molecule has 1 atom stereocenters. The number of cyclic esters (lactones) is 1. The molecule has 0 unspecified atom stereocenters. The fraction of sp³-hybridized carbons (Fsp3) is 0.167. The highest BCUT2D eigenvalue weighted by atomic mass is 32.2. The van der Waals surface area contributed by atoms with Crippen LogP contribution in [0, 0.1) is 0 Å². The van der Waals surface area contributed by atoms with Crippen molar-refractivity contribution in [2.75, 3.05) is 11.9 Å². The molecule has 2 heterocycles. The van der Waals surface area contributed by atoms with Gasteiger partial charge in [-0.25, -0.2) is 9.97 Å². The molecule has 0 aliphatic carbocycles. The van der Waals surface area contributed by atoms with E-state index in [0.29, 0.717) is 18.2 Å². The van der Waals surface area contributed by atoms with Gasteiger partial charge in [0.1, 0.15) is 11.1 Å². The molecule has 2 aromatic carbocycles. The van der Waals surface area contributed by atoms with Crippen molar-refractivity contribution in [1.82, 2.24) is 9.97 Å². The topological polar surface area (TPSA) is 64.1 Å². The maximum absolute atomic E-state index is 11.7. The van der Waals surface area contributed by atoms with E-state index in [0.717, 1.165) is 22.4 Å².